The summed E-state index contributed by atoms with van der Waals surface area (Å²) >= 11 is 0. The number of hydrogen-bond acceptors (Lipinski definition) is 4. The fourth-order valence-electron chi connectivity index (χ4n) is 1.20. The predicted molar refractivity (Wildman–Crippen MR) is 44.8 cm³/mol. The lowest BCUT2D eigenvalue weighted by molar-refractivity contribution is 0.277. The lowest BCUT2D eigenvalue weighted by Crippen LogP contribution is -2.13. The maximum Gasteiger partial charge on any atom is 0.173 e. The molecule has 68 valence electrons. The lowest BCUT2D eigenvalue weighted by Gasteiger charge is -2.02. The van der Waals surface area contributed by atoms with Crippen LogP contribution in [0.1, 0.15) is 0 Å². The van der Waals surface area contributed by atoms with Crippen molar-refractivity contribution in [2.24, 2.45) is 0 Å². The number of aromatic amines is 1. The summed E-state index contributed by atoms with van der Waals surface area (Å²) in [6.45, 7) is 0.473. The second kappa shape index (κ2) is 2.98. The van der Waals surface area contributed by atoms with E-state index in [0.29, 0.717) is 17.7 Å². The molecule has 0 saturated carbocycles. The molecule has 2 rings (SSSR count). The van der Waals surface area contributed by atoms with Crippen molar-refractivity contribution in [2.75, 3.05) is 6.61 Å². The molecule has 13 heavy (non-hydrogen) atoms. The Labute approximate surface area is 73.4 Å². The molecule has 0 bridgehead atoms. The van der Waals surface area contributed by atoms with Crippen LogP contribution in [0.25, 0.3) is 11.2 Å². The Balaban J connectivity index is 2.71. The molecule has 6 nitrogen and oxygen atoms in total. The molecule has 0 spiro atoms. The van der Waals surface area contributed by atoms with Crippen molar-refractivity contribution in [1.29, 1.82) is 5.41 Å². The van der Waals surface area contributed by atoms with Gasteiger partial charge in [0, 0.05) is 6.54 Å². The van der Waals surface area contributed by atoms with Crippen LogP contribution in [-0.4, -0.2) is 31.2 Å². The molecule has 2 aromatic heterocycles. The molecule has 0 amide bonds. The van der Waals surface area contributed by atoms with Gasteiger partial charge in [0.05, 0.1) is 19.3 Å². The molecular weight excluding hydrogens is 170 g/mol. The summed E-state index contributed by atoms with van der Waals surface area (Å²) in [5, 5.41) is 16.2. The third-order valence-electron chi connectivity index (χ3n) is 1.80. The highest BCUT2D eigenvalue weighted by Crippen LogP contribution is 2.01. The molecule has 0 atom stereocenters. The van der Waals surface area contributed by atoms with E-state index < -0.39 is 0 Å². The first kappa shape index (κ1) is 7.93. The van der Waals surface area contributed by atoms with E-state index in [0.717, 1.165) is 0 Å². The minimum atomic E-state index is 0.0334. The topological polar surface area (TPSA) is 90.6 Å². The third-order valence-corrected chi connectivity index (χ3v) is 1.80. The van der Waals surface area contributed by atoms with Crippen molar-refractivity contribution in [2.45, 2.75) is 6.54 Å². The van der Waals surface area contributed by atoms with Gasteiger partial charge < -0.3 is 14.7 Å². The number of rotatable bonds is 2. The summed E-state index contributed by atoms with van der Waals surface area (Å²) < 4.78 is 1.70. The summed E-state index contributed by atoms with van der Waals surface area (Å²) in [6.07, 6.45) is 3.01. The van der Waals surface area contributed by atoms with E-state index >= 15 is 0 Å². The molecule has 0 aliphatic carbocycles. The van der Waals surface area contributed by atoms with Crippen molar-refractivity contribution in [3.63, 3.8) is 0 Å². The Morgan fingerprint density at radius 1 is 1.54 bits per heavy atom. The number of nitrogens with zero attached hydrogens (tertiary/aromatic N) is 3. The minimum Gasteiger partial charge on any atom is -0.395 e. The van der Waals surface area contributed by atoms with Gasteiger partial charge in [0.1, 0.15) is 5.52 Å². The van der Waals surface area contributed by atoms with Gasteiger partial charge in [0.2, 0.25) is 0 Å². The van der Waals surface area contributed by atoms with E-state index in [1.807, 2.05) is 0 Å². The Kier molecular flexibility index (Phi) is 1.82. The number of aliphatic hydroxyl groups is 1. The fraction of sp³-hybridized carbons (Fsp3) is 0.286. The summed E-state index contributed by atoms with van der Waals surface area (Å²) in [6, 6.07) is 0. The van der Waals surface area contributed by atoms with Gasteiger partial charge in [-0.1, -0.05) is 0 Å². The summed E-state index contributed by atoms with van der Waals surface area (Å²) in [7, 11) is 0. The van der Waals surface area contributed by atoms with E-state index in [-0.39, 0.29) is 12.1 Å². The van der Waals surface area contributed by atoms with Gasteiger partial charge in [-0.2, -0.15) is 0 Å². The summed E-state index contributed by atoms with van der Waals surface area (Å²) in [4.78, 5) is 10.7. The predicted octanol–water partition coefficient (Wildman–Crippen LogP) is -0.769. The Hall–Kier alpha value is -1.69. The summed E-state index contributed by atoms with van der Waals surface area (Å²) in [5.74, 6) is 0. The average molecular weight is 179 g/mol. The van der Waals surface area contributed by atoms with Crippen LogP contribution in [0.2, 0.25) is 0 Å². The monoisotopic (exact) mass is 179 g/mol. The lowest BCUT2D eigenvalue weighted by atomic mass is 10.5. The maximum atomic E-state index is 8.75. The molecule has 0 unspecified atom stereocenters. The number of aromatic nitrogens is 4. The molecule has 0 radical (unpaired) electrons. The highest BCUT2D eigenvalue weighted by molar-refractivity contribution is 5.68. The van der Waals surface area contributed by atoms with E-state index in [2.05, 4.69) is 15.0 Å². The quantitative estimate of drug-likeness (QED) is 0.565. The highest BCUT2D eigenvalue weighted by atomic mass is 16.3. The average Bonchev–Trinajstić information content (AvgIpc) is 2.59. The third kappa shape index (κ3) is 1.20. The van der Waals surface area contributed by atoms with Gasteiger partial charge in [-0.25, -0.2) is 9.97 Å². The molecule has 2 aromatic rings. The number of aliphatic hydroxyl groups excluding tert-OH is 1. The van der Waals surface area contributed by atoms with Crippen LogP contribution in [0.15, 0.2) is 12.7 Å². The van der Waals surface area contributed by atoms with E-state index in [1.54, 1.807) is 4.57 Å². The summed E-state index contributed by atoms with van der Waals surface area (Å²) in [5.41, 5.74) is 1.41. The Morgan fingerprint density at radius 2 is 2.38 bits per heavy atom. The van der Waals surface area contributed by atoms with E-state index in [9.17, 15) is 0 Å². The van der Waals surface area contributed by atoms with Crippen LogP contribution < -0.4 is 5.49 Å². The number of fused-ring (bicyclic) bond motifs is 1. The van der Waals surface area contributed by atoms with Gasteiger partial charge in [-0.05, 0) is 0 Å². The van der Waals surface area contributed by atoms with Crippen LogP contribution in [0.4, 0.5) is 0 Å². The largest absolute Gasteiger partial charge is 0.395 e. The molecule has 0 aliphatic rings. The standard InChI is InChI=1S/C7H9N5O/c8-6-5-7(10-3-9-5)12(1-2-13)4-11-6/h3-4,8,13H,1-2H2,(H,9,10). The van der Waals surface area contributed by atoms with E-state index in [1.165, 1.54) is 12.7 Å². The highest BCUT2D eigenvalue weighted by Gasteiger charge is 2.02. The number of hydrogen-bond donors (Lipinski definition) is 3. The van der Waals surface area contributed by atoms with Crippen molar-refractivity contribution in [1.82, 2.24) is 19.5 Å². The van der Waals surface area contributed by atoms with Crippen LogP contribution in [-0.2, 0) is 6.54 Å². The first-order valence-corrected chi connectivity index (χ1v) is 3.87. The first-order valence-electron chi connectivity index (χ1n) is 3.87. The normalized spacial score (nSPS) is 10.8. The Morgan fingerprint density at radius 3 is 3.15 bits per heavy atom. The molecule has 0 aliphatic heterocycles. The minimum absolute atomic E-state index is 0.0334. The molecular formula is C7H9N5O. The SMILES string of the molecule is N=c1ncn(CCO)c2nc[nH]c12. The second-order valence-electron chi connectivity index (χ2n) is 2.61. The van der Waals surface area contributed by atoms with Gasteiger partial charge >= 0.3 is 0 Å². The zero-order valence-corrected chi connectivity index (χ0v) is 6.86. The number of H-pyrrole nitrogens is 1. The van der Waals surface area contributed by atoms with E-state index in [4.69, 9.17) is 10.5 Å². The van der Waals surface area contributed by atoms with Crippen LogP contribution in [0.5, 0.6) is 0 Å². The number of nitrogens with one attached hydrogen (secondary N) is 2. The van der Waals surface area contributed by atoms with Crippen LogP contribution >= 0.6 is 0 Å². The molecule has 0 saturated heterocycles. The maximum absolute atomic E-state index is 8.75. The van der Waals surface area contributed by atoms with Crippen LogP contribution in [0, 0.1) is 5.41 Å². The smallest absolute Gasteiger partial charge is 0.173 e. The molecule has 2 heterocycles. The fourth-order valence-corrected chi connectivity index (χ4v) is 1.20. The second-order valence-corrected chi connectivity index (χ2v) is 2.61. The zero-order valence-electron chi connectivity index (χ0n) is 6.86. The Bertz CT molecular complexity index is 471. The number of imidazole rings is 1. The van der Waals surface area contributed by atoms with Crippen molar-refractivity contribution < 1.29 is 5.11 Å². The zero-order chi connectivity index (χ0) is 9.26. The van der Waals surface area contributed by atoms with Crippen molar-refractivity contribution >= 4 is 11.2 Å². The van der Waals surface area contributed by atoms with Gasteiger partial charge in [-0.3, -0.25) is 5.41 Å². The van der Waals surface area contributed by atoms with Crippen LogP contribution in [0.3, 0.4) is 0 Å². The van der Waals surface area contributed by atoms with Gasteiger partial charge in [0.25, 0.3) is 0 Å². The molecule has 0 fully saturated rings. The van der Waals surface area contributed by atoms with Crippen molar-refractivity contribution in [3.05, 3.63) is 18.1 Å². The molecule has 0 aromatic carbocycles. The molecule has 3 N–H and O–H groups in total. The van der Waals surface area contributed by atoms with Crippen molar-refractivity contribution in [3.8, 4) is 0 Å². The first-order chi connectivity index (χ1) is 6.33. The molecule has 6 heteroatoms. The van der Waals surface area contributed by atoms with Gasteiger partial charge in [0.15, 0.2) is 11.1 Å². The van der Waals surface area contributed by atoms with Gasteiger partial charge in [-0.15, -0.1) is 0 Å².